The zero-order chi connectivity index (χ0) is 12.4. The molecule has 0 aliphatic carbocycles. The maximum atomic E-state index is 6.17. The highest BCUT2D eigenvalue weighted by atomic mass is 35.5. The molecule has 0 aromatic carbocycles. The fraction of sp³-hybridized carbons (Fsp3) is 0.692. The molecule has 0 radical (unpaired) electrons. The van der Waals surface area contributed by atoms with Crippen molar-refractivity contribution >= 4 is 22.9 Å². The molecule has 1 fully saturated rings. The Kier molecular flexibility index (Phi) is 4.47. The molecule has 1 aromatic rings. The average molecular weight is 274 g/mol. The molecule has 2 heterocycles. The van der Waals surface area contributed by atoms with Crippen LogP contribution in [0.4, 0.5) is 0 Å². The summed E-state index contributed by atoms with van der Waals surface area (Å²) in [5, 5.41) is 3.46. The van der Waals surface area contributed by atoms with Crippen LogP contribution >= 0.6 is 22.9 Å². The highest BCUT2D eigenvalue weighted by Crippen LogP contribution is 2.39. The van der Waals surface area contributed by atoms with Gasteiger partial charge < -0.3 is 10.1 Å². The molecule has 3 atom stereocenters. The normalized spacial score (nSPS) is 27.1. The molecule has 3 unspecified atom stereocenters. The zero-order valence-electron chi connectivity index (χ0n) is 10.6. The fourth-order valence-corrected chi connectivity index (χ4v) is 4.00. The number of nitrogens with one attached hydrogen (secondary N) is 1. The quantitative estimate of drug-likeness (QED) is 0.908. The first-order valence-electron chi connectivity index (χ1n) is 6.14. The van der Waals surface area contributed by atoms with Gasteiger partial charge in [0.1, 0.15) is 0 Å². The van der Waals surface area contributed by atoms with Gasteiger partial charge in [-0.1, -0.05) is 18.5 Å². The highest BCUT2D eigenvalue weighted by molar-refractivity contribution is 7.16. The lowest BCUT2D eigenvalue weighted by molar-refractivity contribution is 0.0120. The van der Waals surface area contributed by atoms with Crippen molar-refractivity contribution in [1.82, 2.24) is 5.32 Å². The third kappa shape index (κ3) is 2.84. The maximum Gasteiger partial charge on any atom is 0.0960 e. The lowest BCUT2D eigenvalue weighted by atomic mass is 9.83. The van der Waals surface area contributed by atoms with E-state index in [1.807, 2.05) is 7.05 Å². The first kappa shape index (κ1) is 13.3. The van der Waals surface area contributed by atoms with E-state index in [9.17, 15) is 0 Å². The van der Waals surface area contributed by atoms with E-state index >= 15 is 0 Å². The number of rotatable bonds is 3. The van der Waals surface area contributed by atoms with Gasteiger partial charge in [0, 0.05) is 24.1 Å². The molecule has 1 saturated heterocycles. The topological polar surface area (TPSA) is 21.3 Å². The molecule has 1 aromatic heterocycles. The molecule has 0 saturated carbocycles. The number of aryl methyl sites for hydroxylation is 1. The Bertz CT molecular complexity index is 360. The largest absolute Gasteiger partial charge is 0.381 e. The number of hydrogen-bond acceptors (Lipinski definition) is 3. The van der Waals surface area contributed by atoms with Gasteiger partial charge in [0.05, 0.1) is 4.34 Å². The highest BCUT2D eigenvalue weighted by Gasteiger charge is 2.30. The Balaban J connectivity index is 2.20. The van der Waals surface area contributed by atoms with Crippen LogP contribution in [-0.4, -0.2) is 20.3 Å². The van der Waals surface area contributed by atoms with E-state index in [2.05, 4.69) is 25.2 Å². The molecule has 17 heavy (non-hydrogen) atoms. The predicted octanol–water partition coefficient (Wildman–Crippen LogP) is 3.64. The maximum absolute atomic E-state index is 6.17. The van der Waals surface area contributed by atoms with Gasteiger partial charge in [-0.25, -0.2) is 0 Å². The van der Waals surface area contributed by atoms with Crippen LogP contribution in [0.5, 0.6) is 0 Å². The lowest BCUT2D eigenvalue weighted by Crippen LogP contribution is -2.35. The smallest absolute Gasteiger partial charge is 0.0960 e. The molecule has 2 nitrogen and oxygen atoms in total. The number of ether oxygens (including phenoxy) is 1. The summed E-state index contributed by atoms with van der Waals surface area (Å²) in [5.41, 5.74) is 1.19. The van der Waals surface area contributed by atoms with Crippen molar-refractivity contribution in [3.8, 4) is 0 Å². The molecular weight excluding hydrogens is 254 g/mol. The van der Waals surface area contributed by atoms with E-state index in [0.717, 1.165) is 24.0 Å². The van der Waals surface area contributed by atoms with Crippen molar-refractivity contribution in [3.63, 3.8) is 0 Å². The van der Waals surface area contributed by atoms with Crippen molar-refractivity contribution < 1.29 is 4.74 Å². The van der Waals surface area contributed by atoms with Crippen LogP contribution in [0.2, 0.25) is 4.34 Å². The summed E-state index contributed by atoms with van der Waals surface area (Å²) in [4.78, 5) is 1.36. The fourth-order valence-electron chi connectivity index (χ4n) is 2.60. The predicted molar refractivity (Wildman–Crippen MR) is 74.0 cm³/mol. The summed E-state index contributed by atoms with van der Waals surface area (Å²) < 4.78 is 6.44. The first-order chi connectivity index (χ1) is 8.13. The monoisotopic (exact) mass is 273 g/mol. The van der Waals surface area contributed by atoms with Crippen LogP contribution < -0.4 is 5.32 Å². The lowest BCUT2D eigenvalue weighted by Gasteiger charge is -2.34. The minimum Gasteiger partial charge on any atom is -0.381 e. The summed E-state index contributed by atoms with van der Waals surface area (Å²) in [5.74, 6) is 1.24. The summed E-state index contributed by atoms with van der Waals surface area (Å²) >= 11 is 7.88. The second-order valence-corrected chi connectivity index (χ2v) is 6.56. The Labute approximate surface area is 112 Å². The zero-order valence-corrected chi connectivity index (χ0v) is 12.2. The molecule has 96 valence electrons. The summed E-state index contributed by atoms with van der Waals surface area (Å²) in [6.07, 6.45) is 1.13. The van der Waals surface area contributed by atoms with Crippen LogP contribution in [0.25, 0.3) is 0 Å². The molecule has 0 amide bonds. The van der Waals surface area contributed by atoms with Crippen molar-refractivity contribution in [2.75, 3.05) is 20.3 Å². The van der Waals surface area contributed by atoms with E-state index in [-0.39, 0.29) is 0 Å². The summed E-state index contributed by atoms with van der Waals surface area (Å²) in [6, 6.07) is 2.63. The Morgan fingerprint density at radius 3 is 2.88 bits per heavy atom. The number of hydrogen-bond donors (Lipinski definition) is 1. The Morgan fingerprint density at radius 1 is 1.59 bits per heavy atom. The number of halogens is 1. The van der Waals surface area contributed by atoms with Crippen LogP contribution in [0.1, 0.15) is 29.8 Å². The minimum atomic E-state index is 0.408. The molecule has 1 aliphatic rings. The van der Waals surface area contributed by atoms with E-state index in [0.29, 0.717) is 17.9 Å². The van der Waals surface area contributed by atoms with Gasteiger partial charge in [0.25, 0.3) is 0 Å². The van der Waals surface area contributed by atoms with E-state index in [4.69, 9.17) is 16.3 Å². The van der Waals surface area contributed by atoms with Gasteiger partial charge in [-0.05, 0) is 43.9 Å². The SMILES string of the molecule is CNC(c1cc(C)c(Cl)s1)C1CCOCC1C. The minimum absolute atomic E-state index is 0.408. The molecule has 0 spiro atoms. The number of thiophene rings is 1. The van der Waals surface area contributed by atoms with Gasteiger partial charge in [0.2, 0.25) is 0 Å². The molecule has 1 N–H and O–H groups in total. The van der Waals surface area contributed by atoms with Gasteiger partial charge in [-0.3, -0.25) is 0 Å². The van der Waals surface area contributed by atoms with Crippen molar-refractivity contribution in [2.24, 2.45) is 11.8 Å². The van der Waals surface area contributed by atoms with Crippen molar-refractivity contribution in [3.05, 3.63) is 20.8 Å². The van der Waals surface area contributed by atoms with Crippen molar-refractivity contribution in [2.45, 2.75) is 26.3 Å². The summed E-state index contributed by atoms with van der Waals surface area (Å²) in [7, 11) is 2.04. The molecule has 2 rings (SSSR count). The molecule has 1 aliphatic heterocycles. The first-order valence-corrected chi connectivity index (χ1v) is 7.33. The Hall–Kier alpha value is -0.0900. The van der Waals surface area contributed by atoms with E-state index in [1.165, 1.54) is 10.4 Å². The van der Waals surface area contributed by atoms with Gasteiger partial charge in [0.15, 0.2) is 0 Å². The second kappa shape index (κ2) is 5.70. The van der Waals surface area contributed by atoms with Crippen LogP contribution in [-0.2, 0) is 4.74 Å². The molecule has 4 heteroatoms. The second-order valence-electron chi connectivity index (χ2n) is 4.88. The van der Waals surface area contributed by atoms with Crippen LogP contribution in [0.3, 0.4) is 0 Å². The van der Waals surface area contributed by atoms with Gasteiger partial charge in [-0.2, -0.15) is 0 Å². The third-order valence-electron chi connectivity index (χ3n) is 3.63. The van der Waals surface area contributed by atoms with Crippen LogP contribution in [0, 0.1) is 18.8 Å². The van der Waals surface area contributed by atoms with Gasteiger partial charge >= 0.3 is 0 Å². The van der Waals surface area contributed by atoms with Crippen LogP contribution in [0.15, 0.2) is 6.07 Å². The Morgan fingerprint density at radius 2 is 2.35 bits per heavy atom. The standard InChI is InChI=1S/C13H20ClNOS/c1-8-6-11(17-13(8)14)12(15-3)10-4-5-16-7-9(10)2/h6,9-10,12,15H,4-5,7H2,1-3H3. The third-order valence-corrected chi connectivity index (χ3v) is 5.27. The molecule has 0 bridgehead atoms. The molecular formula is C13H20ClNOS. The van der Waals surface area contributed by atoms with Crippen molar-refractivity contribution in [1.29, 1.82) is 0 Å². The van der Waals surface area contributed by atoms with Gasteiger partial charge in [-0.15, -0.1) is 11.3 Å². The van der Waals surface area contributed by atoms with E-state index in [1.54, 1.807) is 11.3 Å². The summed E-state index contributed by atoms with van der Waals surface area (Å²) in [6.45, 7) is 6.10. The van der Waals surface area contributed by atoms with E-state index < -0.39 is 0 Å². The average Bonchev–Trinajstić information content (AvgIpc) is 2.63.